The van der Waals surface area contributed by atoms with E-state index in [0.717, 1.165) is 44.8 Å². The van der Waals surface area contributed by atoms with Crippen LogP contribution in [0.5, 0.6) is 0 Å². The topological polar surface area (TPSA) is 38.1 Å². The number of rotatable bonds is 4. The van der Waals surface area contributed by atoms with Gasteiger partial charge in [0, 0.05) is 24.9 Å². The SMILES string of the molecule is CCn1ccnc1CN1CCC(C(C)=O)CC1. The summed E-state index contributed by atoms with van der Waals surface area (Å²) in [6.07, 6.45) is 5.89. The predicted molar refractivity (Wildman–Crippen MR) is 66.6 cm³/mol. The van der Waals surface area contributed by atoms with Gasteiger partial charge in [0.25, 0.3) is 0 Å². The van der Waals surface area contributed by atoms with Gasteiger partial charge in [-0.1, -0.05) is 0 Å². The molecular weight excluding hydrogens is 214 g/mol. The first-order valence-electron chi connectivity index (χ1n) is 6.43. The largest absolute Gasteiger partial charge is 0.334 e. The molecule has 4 heteroatoms. The van der Waals surface area contributed by atoms with E-state index in [9.17, 15) is 4.79 Å². The summed E-state index contributed by atoms with van der Waals surface area (Å²) in [7, 11) is 0. The second-order valence-electron chi connectivity index (χ2n) is 4.79. The average molecular weight is 235 g/mol. The molecule has 0 radical (unpaired) electrons. The number of imidazole rings is 1. The predicted octanol–water partition coefficient (Wildman–Crippen LogP) is 1.70. The Labute approximate surface area is 103 Å². The van der Waals surface area contributed by atoms with Crippen LogP contribution in [0.3, 0.4) is 0 Å². The van der Waals surface area contributed by atoms with Gasteiger partial charge in [-0.05, 0) is 39.8 Å². The molecule has 1 saturated heterocycles. The number of nitrogens with zero attached hydrogens (tertiary/aromatic N) is 3. The van der Waals surface area contributed by atoms with Crippen molar-refractivity contribution in [2.75, 3.05) is 13.1 Å². The lowest BCUT2D eigenvalue weighted by molar-refractivity contribution is -0.122. The molecule has 0 aliphatic carbocycles. The van der Waals surface area contributed by atoms with Gasteiger partial charge in [-0.25, -0.2) is 4.98 Å². The minimum atomic E-state index is 0.289. The number of aryl methyl sites for hydroxylation is 1. The number of piperidine rings is 1. The van der Waals surface area contributed by atoms with E-state index in [0.29, 0.717) is 5.78 Å². The van der Waals surface area contributed by atoms with Crippen LogP contribution in [0, 0.1) is 5.92 Å². The highest BCUT2D eigenvalue weighted by Crippen LogP contribution is 2.19. The zero-order valence-electron chi connectivity index (χ0n) is 10.7. The summed E-state index contributed by atoms with van der Waals surface area (Å²) in [5.41, 5.74) is 0. The highest BCUT2D eigenvalue weighted by molar-refractivity contribution is 5.78. The Hall–Kier alpha value is -1.16. The third-order valence-electron chi connectivity index (χ3n) is 3.67. The lowest BCUT2D eigenvalue weighted by Gasteiger charge is -2.30. The highest BCUT2D eigenvalue weighted by Gasteiger charge is 2.22. The molecule has 1 aliphatic rings. The van der Waals surface area contributed by atoms with Crippen LogP contribution in [0.4, 0.5) is 0 Å². The maximum atomic E-state index is 11.3. The van der Waals surface area contributed by atoms with Crippen LogP contribution in [0.15, 0.2) is 12.4 Å². The standard InChI is InChI=1S/C13H21N3O/c1-3-16-9-6-14-13(16)10-15-7-4-12(5-8-15)11(2)17/h6,9,12H,3-5,7-8,10H2,1-2H3. The molecule has 0 N–H and O–H groups in total. The molecule has 0 saturated carbocycles. The number of ketones is 1. The fraction of sp³-hybridized carbons (Fsp3) is 0.692. The number of Topliss-reactive ketones (excluding diaryl/α,β-unsaturated/α-hetero) is 1. The fourth-order valence-corrected chi connectivity index (χ4v) is 2.48. The van der Waals surface area contributed by atoms with Gasteiger partial charge < -0.3 is 4.57 Å². The Morgan fingerprint density at radius 2 is 2.18 bits per heavy atom. The number of carbonyl (C=O) groups is 1. The van der Waals surface area contributed by atoms with E-state index in [1.165, 1.54) is 0 Å². The van der Waals surface area contributed by atoms with E-state index < -0.39 is 0 Å². The Kier molecular flexibility index (Phi) is 3.94. The molecule has 2 heterocycles. The molecule has 17 heavy (non-hydrogen) atoms. The Balaban J connectivity index is 1.88. The van der Waals surface area contributed by atoms with Crippen LogP contribution < -0.4 is 0 Å². The first-order chi connectivity index (χ1) is 8.20. The number of hydrogen-bond donors (Lipinski definition) is 0. The van der Waals surface area contributed by atoms with Gasteiger partial charge in [0.15, 0.2) is 0 Å². The van der Waals surface area contributed by atoms with Crippen molar-refractivity contribution in [2.24, 2.45) is 5.92 Å². The van der Waals surface area contributed by atoms with Gasteiger partial charge in [-0.3, -0.25) is 9.69 Å². The Bertz CT molecular complexity index is 378. The maximum Gasteiger partial charge on any atom is 0.133 e. The first kappa shape index (κ1) is 12.3. The molecule has 4 nitrogen and oxygen atoms in total. The maximum absolute atomic E-state index is 11.3. The smallest absolute Gasteiger partial charge is 0.133 e. The molecule has 1 aliphatic heterocycles. The molecule has 2 rings (SSSR count). The van der Waals surface area contributed by atoms with E-state index in [1.807, 2.05) is 12.4 Å². The molecule has 0 bridgehead atoms. The Morgan fingerprint density at radius 3 is 2.76 bits per heavy atom. The van der Waals surface area contributed by atoms with E-state index in [2.05, 4.69) is 21.4 Å². The summed E-state index contributed by atoms with van der Waals surface area (Å²) >= 11 is 0. The highest BCUT2D eigenvalue weighted by atomic mass is 16.1. The van der Waals surface area contributed by atoms with Crippen LogP contribution in [0.2, 0.25) is 0 Å². The van der Waals surface area contributed by atoms with Crippen LogP contribution in [-0.4, -0.2) is 33.3 Å². The Morgan fingerprint density at radius 1 is 1.47 bits per heavy atom. The second kappa shape index (κ2) is 5.45. The van der Waals surface area contributed by atoms with Gasteiger partial charge in [-0.2, -0.15) is 0 Å². The average Bonchev–Trinajstić information content (AvgIpc) is 2.77. The summed E-state index contributed by atoms with van der Waals surface area (Å²) in [4.78, 5) is 18.1. The summed E-state index contributed by atoms with van der Waals surface area (Å²) in [5, 5.41) is 0. The van der Waals surface area contributed by atoms with Gasteiger partial charge in [0.05, 0.1) is 6.54 Å². The van der Waals surface area contributed by atoms with E-state index in [4.69, 9.17) is 0 Å². The molecule has 1 aromatic rings. The molecule has 0 unspecified atom stereocenters. The van der Waals surface area contributed by atoms with Crippen molar-refractivity contribution < 1.29 is 4.79 Å². The number of carbonyl (C=O) groups excluding carboxylic acids is 1. The van der Waals surface area contributed by atoms with Crippen molar-refractivity contribution in [1.29, 1.82) is 0 Å². The summed E-state index contributed by atoms with van der Waals surface area (Å²) in [5.74, 6) is 1.77. The van der Waals surface area contributed by atoms with Crippen molar-refractivity contribution >= 4 is 5.78 Å². The summed E-state index contributed by atoms with van der Waals surface area (Å²) < 4.78 is 2.18. The summed E-state index contributed by atoms with van der Waals surface area (Å²) in [6, 6.07) is 0. The normalized spacial score (nSPS) is 18.5. The van der Waals surface area contributed by atoms with Crippen molar-refractivity contribution in [3.8, 4) is 0 Å². The molecule has 0 aromatic carbocycles. The summed E-state index contributed by atoms with van der Waals surface area (Å²) in [6.45, 7) is 7.75. The molecular formula is C13H21N3O. The van der Waals surface area contributed by atoms with Crippen molar-refractivity contribution in [3.63, 3.8) is 0 Å². The number of aromatic nitrogens is 2. The number of likely N-dealkylation sites (tertiary alicyclic amines) is 1. The van der Waals surface area contributed by atoms with Crippen LogP contribution in [0.25, 0.3) is 0 Å². The molecule has 0 atom stereocenters. The minimum Gasteiger partial charge on any atom is -0.334 e. The van der Waals surface area contributed by atoms with E-state index in [-0.39, 0.29) is 5.92 Å². The van der Waals surface area contributed by atoms with Crippen LogP contribution >= 0.6 is 0 Å². The van der Waals surface area contributed by atoms with Gasteiger partial charge in [0.2, 0.25) is 0 Å². The molecule has 0 spiro atoms. The molecule has 1 aromatic heterocycles. The van der Waals surface area contributed by atoms with Gasteiger partial charge >= 0.3 is 0 Å². The third kappa shape index (κ3) is 2.94. The van der Waals surface area contributed by atoms with E-state index >= 15 is 0 Å². The fourth-order valence-electron chi connectivity index (χ4n) is 2.48. The van der Waals surface area contributed by atoms with E-state index in [1.54, 1.807) is 6.92 Å². The molecule has 94 valence electrons. The molecule has 1 fully saturated rings. The van der Waals surface area contributed by atoms with Gasteiger partial charge in [-0.15, -0.1) is 0 Å². The van der Waals surface area contributed by atoms with Crippen LogP contribution in [-0.2, 0) is 17.9 Å². The third-order valence-corrected chi connectivity index (χ3v) is 3.67. The lowest BCUT2D eigenvalue weighted by atomic mass is 9.93. The quantitative estimate of drug-likeness (QED) is 0.797. The van der Waals surface area contributed by atoms with Crippen molar-refractivity contribution in [3.05, 3.63) is 18.2 Å². The van der Waals surface area contributed by atoms with Crippen molar-refractivity contribution in [1.82, 2.24) is 14.5 Å². The minimum absolute atomic E-state index is 0.289. The van der Waals surface area contributed by atoms with Gasteiger partial charge in [0.1, 0.15) is 11.6 Å². The first-order valence-corrected chi connectivity index (χ1v) is 6.43. The monoisotopic (exact) mass is 235 g/mol. The molecule has 0 amide bonds. The second-order valence-corrected chi connectivity index (χ2v) is 4.79. The zero-order valence-corrected chi connectivity index (χ0v) is 10.7. The number of hydrogen-bond acceptors (Lipinski definition) is 3. The lowest BCUT2D eigenvalue weighted by Crippen LogP contribution is -2.36. The zero-order chi connectivity index (χ0) is 12.3. The van der Waals surface area contributed by atoms with Crippen molar-refractivity contribution in [2.45, 2.75) is 39.8 Å². The van der Waals surface area contributed by atoms with Crippen LogP contribution in [0.1, 0.15) is 32.5 Å².